The van der Waals surface area contributed by atoms with Crippen molar-refractivity contribution in [3.8, 4) is 0 Å². The van der Waals surface area contributed by atoms with Crippen LogP contribution < -0.4 is 28.7 Å². The summed E-state index contributed by atoms with van der Waals surface area (Å²) in [5.41, 5.74) is 38.5. The maximum absolute atomic E-state index is 11.1. The lowest BCUT2D eigenvalue weighted by Gasteiger charge is -2.43. The number of halogens is 2. The van der Waals surface area contributed by atoms with Crippen molar-refractivity contribution in [2.75, 3.05) is 61.7 Å². The first kappa shape index (κ1) is 114. The van der Waals surface area contributed by atoms with Crippen molar-refractivity contribution in [2.24, 2.45) is 5.92 Å². The molecule has 0 spiro atoms. The number of fused-ring (bicyclic) bond motifs is 5. The van der Waals surface area contributed by atoms with E-state index >= 15 is 0 Å². The van der Waals surface area contributed by atoms with Gasteiger partial charge < -0.3 is 124 Å². The Morgan fingerprint density at radius 2 is 0.550 bits per heavy atom. The first-order valence-corrected chi connectivity index (χ1v) is 61.1. The van der Waals surface area contributed by atoms with E-state index in [1.807, 2.05) is 16.1 Å². The summed E-state index contributed by atoms with van der Waals surface area (Å²) in [6.07, 6.45) is 0.863. The van der Waals surface area contributed by atoms with Crippen LogP contribution in [0.15, 0.2) is 63.3 Å². The molecule has 15 heterocycles. The van der Waals surface area contributed by atoms with Crippen LogP contribution in [0.3, 0.4) is 0 Å². The molecule has 19 N–H and O–H groups in total. The van der Waals surface area contributed by atoms with Crippen molar-refractivity contribution in [2.45, 2.75) is 353 Å². The lowest BCUT2D eigenvalue weighted by Crippen LogP contribution is -2.54. The van der Waals surface area contributed by atoms with Gasteiger partial charge in [-0.25, -0.2) is 74.8 Å². The number of aliphatic hydroxyl groups excluding tert-OH is 9. The summed E-state index contributed by atoms with van der Waals surface area (Å²) in [4.78, 5) is 61.7. The van der Waals surface area contributed by atoms with E-state index < -0.39 is 169 Å². The quantitative estimate of drug-likeness (QED) is 0.0102. The van der Waals surface area contributed by atoms with Gasteiger partial charge in [0.15, 0.2) is 109 Å². The number of aliphatic hydroxyl groups is 9. The molecule has 5 fully saturated rings. The Balaban J connectivity index is 0.000000171. The highest BCUT2D eigenvalue weighted by Gasteiger charge is 2.56. The van der Waals surface area contributed by atoms with Gasteiger partial charge in [-0.2, -0.15) is 0 Å². The molecule has 10 aromatic rings. The minimum absolute atomic E-state index is 0.137. The van der Waals surface area contributed by atoms with Gasteiger partial charge in [-0.05, 0) is 66.5 Å². The van der Waals surface area contributed by atoms with Gasteiger partial charge in [0, 0.05) is 5.92 Å². The number of imidazole rings is 5. The molecule has 140 heavy (non-hydrogen) atoms. The highest BCUT2D eigenvalue weighted by atomic mass is 127. The Morgan fingerprint density at radius 3 is 0.821 bits per heavy atom. The van der Waals surface area contributed by atoms with Crippen molar-refractivity contribution in [1.82, 2.24) is 97.6 Å². The molecule has 20 atom stereocenters. The molecule has 5 aliphatic rings. The van der Waals surface area contributed by atoms with Crippen LogP contribution >= 0.6 is 34.2 Å². The average molecular weight is 2200 g/mol. The normalized spacial score (nSPS) is 26.0. The molecule has 5 aliphatic heterocycles. The third-order valence-corrected chi connectivity index (χ3v) is 55.7. The Labute approximate surface area is 843 Å². The minimum Gasteiger partial charge on any atom is -0.437 e. The van der Waals surface area contributed by atoms with E-state index in [1.54, 1.807) is 21.8 Å². The average Bonchev–Trinajstić information content (AvgIpc) is 1.64. The van der Waals surface area contributed by atoms with Crippen molar-refractivity contribution >= 4 is 172 Å². The van der Waals surface area contributed by atoms with Gasteiger partial charge in [0.2, 0.25) is 0 Å². The van der Waals surface area contributed by atoms with Crippen LogP contribution in [0, 0.1) is 5.92 Å². The predicted molar refractivity (Wildman–Crippen MR) is 552 cm³/mol. The first-order chi connectivity index (χ1) is 66.0. The number of ether oxygens (including phenoxy) is 5. The highest BCUT2D eigenvalue weighted by Crippen LogP contribution is 2.47. The largest absolute Gasteiger partial charge is 0.437 e. The molecular weight excluding hydrogens is 2050 g/mol. The summed E-state index contributed by atoms with van der Waals surface area (Å²) in [5.74, 6) is 1.19. The predicted octanol–water partition coefficient (Wildman–Crippen LogP) is 8.61. The summed E-state index contributed by atoms with van der Waals surface area (Å²) in [7, 11) is -12.4. The van der Waals surface area contributed by atoms with Crippen LogP contribution in [-0.2, 0) is 49.3 Å². The molecule has 5 unspecified atom stereocenters. The number of rotatable bonds is 34. The Hall–Kier alpha value is -6.73. The molecule has 45 nitrogen and oxygen atoms in total. The van der Waals surface area contributed by atoms with E-state index in [-0.39, 0.29) is 73.8 Å². The number of aromatic nitrogens is 20. The molecule has 0 aliphatic carbocycles. The van der Waals surface area contributed by atoms with Crippen LogP contribution in [0.1, 0.15) is 204 Å². The zero-order valence-electron chi connectivity index (χ0n) is 84.6. The van der Waals surface area contributed by atoms with Gasteiger partial charge in [-0.15, -0.1) is 11.6 Å². The lowest BCUT2D eigenvalue weighted by atomic mass is 10.0. The molecule has 53 heteroatoms. The number of hydrogen-bond donors (Lipinski definition) is 14. The standard InChI is InChI=1S/C23H43N5O4Si2.C22H40IN5O4Si2.C22H41N5O5Si2.C10H12ClN5O3.C10H13N5O4/c1-13(2)33(14(3)4)32-34(15(5)6,16(7)8)30-10-18-20(29)17(9)23(31-18)28-12-27-19-21(24)25-11-26-22(19)28;1-12(2)33(13(3)4)32-34(14(5)6,15(7)8)30-9-16-19(29)17(23)22(31-16)28-11-27-18-20(24)25-10-26-21(18)28;1-12(2)33(13(3)4)32-34(14(5)6,15(7)8)30-9-16-18(28)19(29)22(31-16)27-11-26-17-20(23)24-10-25-21(17)27;11-5-7(18)4(1-17)19-10(5)16-3-15-6-8(12)13-2-14-9(6)16;11-8-5-9(13-2-12-8)15(3-14-5)10-7(18)6(17)4(1-16)19-10/h11-18,20,23,29,33H,10H2,1-9H3,(H2,24,25,26);10-17,19,22,29,33H,9H2,1-8H3,(H2,24,25,26);10-16,18-19,22,28-29,33H,9H2,1-8H3,(H2,23,24,25);2-5,7,10,17-18H,1H2,(H2,12,13,14);2-4,6-7,10,16-18H,1H2,(H2,11,12,13)/t17-,18-,20?,23-;16-,17+,19?,22-;16-,18?,19-,22-;4-,5+,7?,10-;4-,6?,7-,10-/m11111/s1. The number of nitrogens with two attached hydrogens (primary N) is 5. The van der Waals surface area contributed by atoms with Crippen molar-refractivity contribution in [3.63, 3.8) is 0 Å². The summed E-state index contributed by atoms with van der Waals surface area (Å²) in [5, 5.41) is 90.7. The van der Waals surface area contributed by atoms with Gasteiger partial charge in [0.25, 0.3) is 0 Å². The molecule has 5 saturated heterocycles. The fraction of sp³-hybridized carbons (Fsp3) is 0.713. The molecule has 0 bridgehead atoms. The van der Waals surface area contributed by atoms with Crippen molar-refractivity contribution in [3.05, 3.63) is 63.3 Å². The number of nitrogens with zero attached hydrogens (tertiary/aromatic N) is 20. The number of alkyl halides is 2. The number of anilines is 5. The lowest BCUT2D eigenvalue weighted by molar-refractivity contribution is -0.0515. The Kier molecular flexibility index (Phi) is 39.2. The van der Waals surface area contributed by atoms with Gasteiger partial charge in [-0.1, -0.05) is 196 Å². The second-order valence-electron chi connectivity index (χ2n) is 40.5. The zero-order chi connectivity index (χ0) is 103. The number of nitrogen functional groups attached to an aromatic ring is 5. The van der Waals surface area contributed by atoms with E-state index in [4.69, 9.17) is 99.8 Å². The fourth-order valence-corrected chi connectivity index (χ4v) is 51.5. The van der Waals surface area contributed by atoms with E-state index in [0.717, 1.165) is 0 Å². The van der Waals surface area contributed by atoms with Crippen LogP contribution in [0.2, 0.25) is 66.5 Å². The third-order valence-electron chi connectivity index (χ3n) is 26.8. The number of hydrogen-bond acceptors (Lipinski definition) is 40. The Bertz CT molecular complexity index is 5110. The third kappa shape index (κ3) is 23.9. The van der Waals surface area contributed by atoms with Crippen LogP contribution in [0.5, 0.6) is 0 Å². The Morgan fingerprint density at radius 1 is 0.321 bits per heavy atom. The molecule has 0 aromatic carbocycles. The van der Waals surface area contributed by atoms with Crippen LogP contribution in [0.25, 0.3) is 55.8 Å². The molecule has 780 valence electrons. The fourth-order valence-electron chi connectivity index (χ4n) is 19.3. The topological polar surface area (TPSA) is 632 Å². The molecule has 10 aromatic heterocycles. The molecule has 15 rings (SSSR count). The molecule has 0 saturated carbocycles. The van der Waals surface area contributed by atoms with Crippen molar-refractivity contribution < 1.29 is 95.3 Å². The van der Waals surface area contributed by atoms with Crippen LogP contribution in [-0.4, -0.2) is 312 Å². The smallest absolute Gasteiger partial charge is 0.333 e. The van der Waals surface area contributed by atoms with Gasteiger partial charge >= 0.3 is 25.7 Å². The van der Waals surface area contributed by atoms with Crippen molar-refractivity contribution in [1.29, 1.82) is 0 Å². The van der Waals surface area contributed by atoms with Gasteiger partial charge in [-0.3, -0.25) is 22.8 Å². The zero-order valence-corrected chi connectivity index (χ0v) is 94.0. The van der Waals surface area contributed by atoms with E-state index in [9.17, 15) is 35.7 Å². The maximum Gasteiger partial charge on any atom is 0.333 e. The maximum atomic E-state index is 11.1. The second kappa shape index (κ2) is 48.3. The molecule has 0 amide bonds. The van der Waals surface area contributed by atoms with Gasteiger partial charge in [0.1, 0.15) is 132 Å². The van der Waals surface area contributed by atoms with E-state index in [2.05, 4.69) is 264 Å². The molecule has 0 radical (unpaired) electrons. The summed E-state index contributed by atoms with van der Waals surface area (Å²) in [6.45, 7) is 55.3. The minimum atomic E-state index is -2.66. The summed E-state index contributed by atoms with van der Waals surface area (Å²) >= 11 is 8.36. The van der Waals surface area contributed by atoms with E-state index in [1.165, 1.54) is 55.2 Å². The first-order valence-electron chi connectivity index (χ1n) is 48.1. The SMILES string of the molecule is CC(C)[SiH](O[Si](OC[C@H]1O[C@@H](n2cnc3c(N)ncnc32)[C@@H](I)C1O)(C(C)C)C(C)C)C(C)C.CC(C)[SiH](O[Si](OC[C@H]1O[C@@H](n2cnc3c(N)ncnc32)[C@H](C)C1O)(C(C)C)C(C)C)C(C)C.CC(C)[SiH](O[Si](OC[C@H]1O[C@@H](n2cnc3c(N)ncnc32)[C@H](O)C1O)(C(C)C)C(C)C)C(C)C.Nc1ncnc2c1ncn2[C@@H]1O[C@H](CO)C(O)[C@@H]1Cl.Nc1ncnc2c1ncn2[C@@H]1O[C@H](CO)C(O)[C@H]1O. The van der Waals surface area contributed by atoms with Crippen LogP contribution in [0.4, 0.5) is 29.1 Å². The van der Waals surface area contributed by atoms with Gasteiger partial charge in [0.05, 0.1) is 80.8 Å². The summed E-state index contributed by atoms with van der Waals surface area (Å²) in [6, 6.07) is 0. The monoisotopic (exact) mass is 2190 g/mol. The highest BCUT2D eigenvalue weighted by molar-refractivity contribution is 14.1. The second-order valence-corrected chi connectivity index (χ2v) is 68.2. The summed E-state index contributed by atoms with van der Waals surface area (Å²) < 4.78 is 79.0. The molecular formula is C87H149ClIN25O20Si6. The van der Waals surface area contributed by atoms with E-state index in [0.29, 0.717) is 114 Å².